The van der Waals surface area contributed by atoms with Gasteiger partial charge in [0.1, 0.15) is 5.75 Å². The highest BCUT2D eigenvalue weighted by molar-refractivity contribution is 6.31. The van der Waals surface area contributed by atoms with Crippen molar-refractivity contribution in [2.45, 2.75) is 0 Å². The lowest BCUT2D eigenvalue weighted by Gasteiger charge is -2.09. The van der Waals surface area contributed by atoms with Crippen LogP contribution >= 0.6 is 23.2 Å². The number of hydrogen-bond donors (Lipinski definition) is 2. The van der Waals surface area contributed by atoms with Crippen LogP contribution in [0.2, 0.25) is 10.6 Å². The van der Waals surface area contributed by atoms with Crippen LogP contribution in [0.1, 0.15) is 0 Å². The van der Waals surface area contributed by atoms with Crippen molar-refractivity contribution in [1.82, 2.24) is 15.0 Å². The predicted molar refractivity (Wildman–Crippen MR) is 78.7 cm³/mol. The Labute approximate surface area is 124 Å². The maximum atomic E-state index is 9.99. The summed E-state index contributed by atoms with van der Waals surface area (Å²) < 4.78 is 0. The predicted octanol–water partition coefficient (Wildman–Crippen LogP) is 3.78. The Morgan fingerprint density at radius 1 is 0.900 bits per heavy atom. The molecule has 0 radical (unpaired) electrons. The van der Waals surface area contributed by atoms with Crippen LogP contribution in [0.15, 0.2) is 36.4 Å². The minimum absolute atomic E-state index is 0.00282. The number of phenols is 1. The molecule has 3 rings (SSSR count). The Morgan fingerprint density at radius 2 is 1.55 bits per heavy atom. The van der Waals surface area contributed by atoms with E-state index < -0.39 is 0 Å². The first-order chi connectivity index (χ1) is 9.63. The topological polar surface area (TPSA) is 70.9 Å². The average molecular weight is 307 g/mol. The molecule has 0 atom stereocenters. The lowest BCUT2D eigenvalue weighted by atomic mass is 10.1. The lowest BCUT2D eigenvalue weighted by molar-refractivity contribution is 0.482. The first-order valence-electron chi connectivity index (χ1n) is 5.68. The molecule has 0 bridgehead atoms. The second-order valence-electron chi connectivity index (χ2n) is 4.00. The van der Waals surface area contributed by atoms with Crippen LogP contribution in [0, 0.1) is 0 Å². The summed E-state index contributed by atoms with van der Waals surface area (Å²) in [6, 6.07) is 10.8. The van der Waals surface area contributed by atoms with Crippen molar-refractivity contribution in [2.24, 2.45) is 0 Å². The summed E-state index contributed by atoms with van der Waals surface area (Å²) in [5.41, 5.74) is 0.652. The maximum Gasteiger partial charge on any atom is 0.232 e. The fourth-order valence-corrected chi connectivity index (χ4v) is 2.29. The van der Waals surface area contributed by atoms with Crippen LogP contribution in [0.5, 0.6) is 5.75 Å². The molecule has 2 N–H and O–H groups in total. The number of aromatic nitrogens is 3. The summed E-state index contributed by atoms with van der Waals surface area (Å²) in [6.45, 7) is 0. The van der Waals surface area contributed by atoms with E-state index in [4.69, 9.17) is 23.2 Å². The molecule has 1 aromatic heterocycles. The summed E-state index contributed by atoms with van der Waals surface area (Å²) in [5, 5.41) is 14.5. The minimum atomic E-state index is -0.00282. The van der Waals surface area contributed by atoms with E-state index >= 15 is 0 Å². The number of fused-ring (bicyclic) bond motifs is 1. The molecule has 0 saturated heterocycles. The monoisotopic (exact) mass is 306 g/mol. The van der Waals surface area contributed by atoms with Crippen molar-refractivity contribution < 1.29 is 5.11 Å². The normalized spacial score (nSPS) is 10.7. The molecule has 0 aliphatic carbocycles. The van der Waals surface area contributed by atoms with Gasteiger partial charge in [0.25, 0.3) is 0 Å². The van der Waals surface area contributed by atoms with Crippen LogP contribution in [-0.4, -0.2) is 20.1 Å². The maximum absolute atomic E-state index is 9.99. The fourth-order valence-electron chi connectivity index (χ4n) is 1.93. The van der Waals surface area contributed by atoms with Crippen molar-refractivity contribution >= 4 is 45.6 Å². The van der Waals surface area contributed by atoms with Gasteiger partial charge in [0.05, 0.1) is 5.69 Å². The van der Waals surface area contributed by atoms with Crippen molar-refractivity contribution in [3.05, 3.63) is 47.0 Å². The Morgan fingerprint density at radius 3 is 2.25 bits per heavy atom. The van der Waals surface area contributed by atoms with Crippen molar-refractivity contribution in [1.29, 1.82) is 0 Å². The smallest absolute Gasteiger partial charge is 0.232 e. The number of nitrogens with one attached hydrogen (secondary N) is 1. The van der Waals surface area contributed by atoms with E-state index in [1.54, 1.807) is 18.2 Å². The van der Waals surface area contributed by atoms with Gasteiger partial charge in [-0.05, 0) is 40.7 Å². The molecule has 0 saturated carbocycles. The summed E-state index contributed by atoms with van der Waals surface area (Å²) in [4.78, 5) is 11.5. The highest BCUT2D eigenvalue weighted by Gasteiger charge is 2.08. The average Bonchev–Trinajstić information content (AvgIpc) is 2.38. The number of nitrogens with zero attached hydrogens (tertiary/aromatic N) is 3. The second-order valence-corrected chi connectivity index (χ2v) is 4.68. The summed E-state index contributed by atoms with van der Waals surface area (Å²) >= 11 is 11.5. The fraction of sp³-hybridized carbons (Fsp3) is 0. The molecule has 3 aromatic rings. The van der Waals surface area contributed by atoms with Crippen LogP contribution in [0.4, 0.5) is 11.6 Å². The van der Waals surface area contributed by atoms with Crippen molar-refractivity contribution in [2.75, 3.05) is 5.32 Å². The third kappa shape index (κ3) is 2.45. The van der Waals surface area contributed by atoms with Gasteiger partial charge < -0.3 is 10.4 Å². The zero-order valence-electron chi connectivity index (χ0n) is 10.0. The molecular formula is C13H8Cl2N4O. The molecule has 0 aliphatic rings. The molecule has 0 unspecified atom stereocenters. The highest BCUT2D eigenvalue weighted by atomic mass is 35.5. The van der Waals surface area contributed by atoms with Crippen LogP contribution in [0.3, 0.4) is 0 Å². The number of rotatable bonds is 2. The van der Waals surface area contributed by atoms with E-state index in [1.807, 2.05) is 18.2 Å². The third-order valence-electron chi connectivity index (χ3n) is 2.71. The van der Waals surface area contributed by atoms with Gasteiger partial charge in [-0.2, -0.15) is 15.0 Å². The van der Waals surface area contributed by atoms with Gasteiger partial charge in [0.15, 0.2) is 0 Å². The van der Waals surface area contributed by atoms with E-state index in [9.17, 15) is 5.11 Å². The Hall–Kier alpha value is -2.11. The van der Waals surface area contributed by atoms with Gasteiger partial charge in [-0.25, -0.2) is 0 Å². The third-order valence-corrected chi connectivity index (χ3v) is 3.05. The van der Waals surface area contributed by atoms with Crippen LogP contribution in [0.25, 0.3) is 10.8 Å². The van der Waals surface area contributed by atoms with Gasteiger partial charge in [-0.15, -0.1) is 0 Å². The van der Waals surface area contributed by atoms with Crippen LogP contribution in [-0.2, 0) is 0 Å². The molecule has 0 spiro atoms. The SMILES string of the molecule is Oc1cccc2cccc(Nc3nc(Cl)nc(Cl)n3)c12. The molecule has 20 heavy (non-hydrogen) atoms. The number of hydrogen-bond acceptors (Lipinski definition) is 5. The first-order valence-corrected chi connectivity index (χ1v) is 6.44. The van der Waals surface area contributed by atoms with E-state index in [1.165, 1.54) is 0 Å². The molecule has 2 aromatic carbocycles. The first kappa shape index (κ1) is 12.9. The summed E-state index contributed by atoms with van der Waals surface area (Å²) in [6.07, 6.45) is 0. The van der Waals surface area contributed by atoms with E-state index in [-0.39, 0.29) is 22.3 Å². The van der Waals surface area contributed by atoms with Crippen LogP contribution < -0.4 is 5.32 Å². The molecular weight excluding hydrogens is 299 g/mol. The summed E-state index contributed by atoms with van der Waals surface area (Å²) in [7, 11) is 0. The van der Waals surface area contributed by atoms with Gasteiger partial charge in [-0.3, -0.25) is 0 Å². The highest BCUT2D eigenvalue weighted by Crippen LogP contribution is 2.32. The molecule has 1 heterocycles. The second kappa shape index (κ2) is 5.11. The van der Waals surface area contributed by atoms with E-state index in [2.05, 4.69) is 20.3 Å². The number of anilines is 2. The summed E-state index contributed by atoms with van der Waals surface area (Å²) in [5.74, 6) is 0.377. The minimum Gasteiger partial charge on any atom is -0.507 e. The standard InChI is InChI=1S/C13H8Cl2N4O/c14-11-17-12(15)19-13(18-11)16-8-5-1-3-7-4-2-6-9(20)10(7)8/h1-6,20H,(H,16,17,18,19). The Balaban J connectivity index is 2.11. The molecule has 0 fully saturated rings. The van der Waals surface area contributed by atoms with E-state index in [0.717, 1.165) is 5.39 Å². The van der Waals surface area contributed by atoms with Crippen molar-refractivity contribution in [3.8, 4) is 5.75 Å². The Kier molecular flexibility index (Phi) is 3.30. The van der Waals surface area contributed by atoms with Crippen molar-refractivity contribution in [3.63, 3.8) is 0 Å². The number of benzene rings is 2. The van der Waals surface area contributed by atoms with Gasteiger partial charge in [0, 0.05) is 5.39 Å². The zero-order chi connectivity index (χ0) is 14.1. The molecule has 100 valence electrons. The largest absolute Gasteiger partial charge is 0.507 e. The van der Waals surface area contributed by atoms with Gasteiger partial charge in [-0.1, -0.05) is 24.3 Å². The molecule has 5 nitrogen and oxygen atoms in total. The number of aromatic hydroxyl groups is 1. The molecule has 0 amide bonds. The van der Waals surface area contributed by atoms with Gasteiger partial charge in [0.2, 0.25) is 16.5 Å². The quantitative estimate of drug-likeness (QED) is 0.754. The zero-order valence-corrected chi connectivity index (χ0v) is 11.5. The molecule has 0 aliphatic heterocycles. The van der Waals surface area contributed by atoms with E-state index in [0.29, 0.717) is 11.1 Å². The molecule has 7 heteroatoms. The number of halogens is 2. The Bertz CT molecular complexity index is 769. The van der Waals surface area contributed by atoms with Gasteiger partial charge >= 0.3 is 0 Å². The lowest BCUT2D eigenvalue weighted by Crippen LogP contribution is -2.00. The number of phenolic OH excluding ortho intramolecular Hbond substituents is 1.